The first-order valence-corrected chi connectivity index (χ1v) is 12.5. The maximum Gasteiger partial charge on any atom is 0.242 e. The van der Waals surface area contributed by atoms with Crippen molar-refractivity contribution < 1.29 is 8.42 Å². The number of piperidine rings is 1. The molecule has 2 aromatic rings. The molecular formula is C24H35N3O2S. The second kappa shape index (κ2) is 11.0. The third-order valence-electron chi connectivity index (χ3n) is 6.07. The minimum Gasteiger partial charge on any atom is -0.314 e. The molecule has 0 aromatic heterocycles. The summed E-state index contributed by atoms with van der Waals surface area (Å²) < 4.78 is 27.5. The van der Waals surface area contributed by atoms with E-state index < -0.39 is 10.0 Å². The highest BCUT2D eigenvalue weighted by atomic mass is 32.2. The van der Waals surface area contributed by atoms with Gasteiger partial charge in [0.05, 0.1) is 4.90 Å². The van der Waals surface area contributed by atoms with Gasteiger partial charge in [-0.3, -0.25) is 0 Å². The Bertz CT molecular complexity index is 851. The number of likely N-dealkylation sites (N-methyl/N-ethyl adjacent to an activating group) is 1. The predicted octanol–water partition coefficient (Wildman–Crippen LogP) is 3.55. The van der Waals surface area contributed by atoms with Gasteiger partial charge < -0.3 is 10.2 Å². The van der Waals surface area contributed by atoms with E-state index in [0.717, 1.165) is 32.6 Å². The summed E-state index contributed by atoms with van der Waals surface area (Å²) in [5, 5.41) is 3.55. The molecule has 5 nitrogen and oxygen atoms in total. The van der Waals surface area contributed by atoms with Crippen molar-refractivity contribution in [2.24, 2.45) is 0 Å². The van der Waals surface area contributed by atoms with E-state index in [9.17, 15) is 8.42 Å². The Labute approximate surface area is 182 Å². The quantitative estimate of drug-likeness (QED) is 0.628. The predicted molar refractivity (Wildman–Crippen MR) is 123 cm³/mol. The van der Waals surface area contributed by atoms with Crippen LogP contribution in [0.15, 0.2) is 65.6 Å². The molecule has 1 N–H and O–H groups in total. The average Bonchev–Trinajstić information content (AvgIpc) is 2.79. The first kappa shape index (κ1) is 22.9. The zero-order valence-corrected chi connectivity index (χ0v) is 19.0. The lowest BCUT2D eigenvalue weighted by atomic mass is 9.94. The summed E-state index contributed by atoms with van der Waals surface area (Å²) in [4.78, 5) is 2.87. The van der Waals surface area contributed by atoms with Gasteiger partial charge in [-0.05, 0) is 69.1 Å². The van der Waals surface area contributed by atoms with Crippen molar-refractivity contribution in [2.45, 2.75) is 43.0 Å². The van der Waals surface area contributed by atoms with E-state index in [1.807, 2.05) is 24.3 Å². The van der Waals surface area contributed by atoms with Crippen LogP contribution >= 0.6 is 0 Å². The smallest absolute Gasteiger partial charge is 0.242 e. The molecule has 0 radical (unpaired) electrons. The average molecular weight is 430 g/mol. The third-order valence-corrected chi connectivity index (χ3v) is 7.91. The van der Waals surface area contributed by atoms with Gasteiger partial charge in [-0.2, -0.15) is 0 Å². The van der Waals surface area contributed by atoms with Crippen molar-refractivity contribution in [2.75, 3.05) is 39.8 Å². The van der Waals surface area contributed by atoms with Gasteiger partial charge in [0, 0.05) is 19.6 Å². The fraction of sp³-hybridized carbons (Fsp3) is 0.500. The van der Waals surface area contributed by atoms with Crippen molar-refractivity contribution in [3.63, 3.8) is 0 Å². The van der Waals surface area contributed by atoms with Crippen LogP contribution in [0.4, 0.5) is 0 Å². The Morgan fingerprint density at radius 2 is 1.63 bits per heavy atom. The number of benzene rings is 2. The molecule has 0 unspecified atom stereocenters. The van der Waals surface area contributed by atoms with Crippen LogP contribution in [0.1, 0.15) is 37.7 Å². The molecule has 0 aliphatic carbocycles. The van der Waals surface area contributed by atoms with E-state index in [-0.39, 0.29) is 5.92 Å². The summed E-state index contributed by atoms with van der Waals surface area (Å²) in [5.74, 6) is 0.168. The Hall–Kier alpha value is -1.73. The van der Waals surface area contributed by atoms with E-state index in [1.165, 1.54) is 22.7 Å². The van der Waals surface area contributed by atoms with Gasteiger partial charge in [0.25, 0.3) is 0 Å². The summed E-state index contributed by atoms with van der Waals surface area (Å²) in [6.45, 7) is 6.89. The molecule has 164 valence electrons. The number of hydrogen-bond acceptors (Lipinski definition) is 4. The minimum atomic E-state index is -3.49. The van der Waals surface area contributed by atoms with Crippen LogP contribution in [0.5, 0.6) is 0 Å². The number of hydrogen-bond donors (Lipinski definition) is 1. The number of nitrogens with zero attached hydrogens (tertiary/aromatic N) is 2. The lowest BCUT2D eigenvalue weighted by Gasteiger charge is -2.33. The molecule has 1 saturated heterocycles. The molecule has 6 heteroatoms. The minimum absolute atomic E-state index is 0.168. The van der Waals surface area contributed by atoms with Crippen LogP contribution in [0, 0.1) is 0 Å². The normalized spacial score (nSPS) is 17.3. The Morgan fingerprint density at radius 1 is 1.03 bits per heavy atom. The van der Waals surface area contributed by atoms with Crippen molar-refractivity contribution >= 4 is 10.0 Å². The van der Waals surface area contributed by atoms with Crippen molar-refractivity contribution in [3.8, 4) is 0 Å². The fourth-order valence-electron chi connectivity index (χ4n) is 4.26. The van der Waals surface area contributed by atoms with Crippen molar-refractivity contribution in [3.05, 3.63) is 66.2 Å². The van der Waals surface area contributed by atoms with Crippen LogP contribution < -0.4 is 5.32 Å². The van der Waals surface area contributed by atoms with Gasteiger partial charge in [0.15, 0.2) is 0 Å². The molecular weight excluding hydrogens is 394 g/mol. The summed E-state index contributed by atoms with van der Waals surface area (Å²) >= 11 is 0. The molecule has 3 rings (SSSR count). The standard InChI is InChI=1S/C24H35N3O2S/c1-3-25-23-15-18-27(19-16-23)17-14-22(21-10-6-4-7-11-21)20-26(2)30(28,29)24-12-8-5-9-13-24/h4-13,22-23,25H,3,14-20H2,1-2H3/t22-/m0/s1. The molecule has 1 fully saturated rings. The molecule has 1 aliphatic rings. The van der Waals surface area contributed by atoms with Gasteiger partial charge in [-0.15, -0.1) is 0 Å². The molecule has 0 bridgehead atoms. The van der Waals surface area contributed by atoms with Gasteiger partial charge >= 0.3 is 0 Å². The van der Waals surface area contributed by atoms with Crippen molar-refractivity contribution in [1.29, 1.82) is 0 Å². The van der Waals surface area contributed by atoms with E-state index >= 15 is 0 Å². The number of nitrogens with one attached hydrogen (secondary N) is 1. The van der Waals surface area contributed by atoms with E-state index in [0.29, 0.717) is 17.5 Å². The number of rotatable bonds is 10. The summed E-state index contributed by atoms with van der Waals surface area (Å²) in [5.41, 5.74) is 1.20. The van der Waals surface area contributed by atoms with Crippen molar-refractivity contribution in [1.82, 2.24) is 14.5 Å². The molecule has 0 amide bonds. The zero-order chi connectivity index (χ0) is 21.4. The lowest BCUT2D eigenvalue weighted by molar-refractivity contribution is 0.191. The monoisotopic (exact) mass is 429 g/mol. The van der Waals surface area contributed by atoms with Gasteiger partial charge in [-0.25, -0.2) is 12.7 Å². The number of sulfonamides is 1. The third kappa shape index (κ3) is 6.14. The summed E-state index contributed by atoms with van der Waals surface area (Å²) in [6, 6.07) is 19.7. The largest absolute Gasteiger partial charge is 0.314 e. The molecule has 1 aliphatic heterocycles. The van der Waals surface area contributed by atoms with Crippen LogP contribution in [0.25, 0.3) is 0 Å². The van der Waals surface area contributed by atoms with Gasteiger partial charge in [0.2, 0.25) is 10.0 Å². The van der Waals surface area contributed by atoms with Gasteiger partial charge in [0.1, 0.15) is 0 Å². The topological polar surface area (TPSA) is 52.6 Å². The van der Waals surface area contributed by atoms with E-state index in [1.54, 1.807) is 31.3 Å². The maximum absolute atomic E-state index is 13.0. The molecule has 2 aromatic carbocycles. The highest BCUT2D eigenvalue weighted by Gasteiger charge is 2.25. The van der Waals surface area contributed by atoms with Crippen LogP contribution in [-0.2, 0) is 10.0 Å². The molecule has 1 atom stereocenters. The summed E-state index contributed by atoms with van der Waals surface area (Å²) in [7, 11) is -1.79. The first-order chi connectivity index (χ1) is 14.5. The first-order valence-electron chi connectivity index (χ1n) is 11.0. The zero-order valence-electron chi connectivity index (χ0n) is 18.2. The Kier molecular flexibility index (Phi) is 8.45. The fourth-order valence-corrected chi connectivity index (χ4v) is 5.49. The molecule has 0 spiro atoms. The Balaban J connectivity index is 1.65. The highest BCUT2D eigenvalue weighted by molar-refractivity contribution is 7.89. The maximum atomic E-state index is 13.0. The van der Waals surface area contributed by atoms with E-state index in [2.05, 4.69) is 29.3 Å². The van der Waals surface area contributed by atoms with Crippen LogP contribution in [-0.4, -0.2) is 63.4 Å². The van der Waals surface area contributed by atoms with E-state index in [4.69, 9.17) is 0 Å². The molecule has 0 saturated carbocycles. The molecule has 1 heterocycles. The number of likely N-dealkylation sites (tertiary alicyclic amines) is 1. The van der Waals surface area contributed by atoms with Crippen LogP contribution in [0.2, 0.25) is 0 Å². The van der Waals surface area contributed by atoms with Gasteiger partial charge in [-0.1, -0.05) is 55.5 Å². The second-order valence-corrected chi connectivity index (χ2v) is 10.2. The second-order valence-electron chi connectivity index (χ2n) is 8.17. The SMILES string of the molecule is CCNC1CCN(CC[C@@H](CN(C)S(=O)(=O)c2ccccc2)c2ccccc2)CC1. The molecule has 30 heavy (non-hydrogen) atoms. The summed E-state index contributed by atoms with van der Waals surface area (Å²) in [6.07, 6.45) is 3.32. The lowest BCUT2D eigenvalue weighted by Crippen LogP contribution is -2.43. The highest BCUT2D eigenvalue weighted by Crippen LogP contribution is 2.25. The van der Waals surface area contributed by atoms with Crippen LogP contribution in [0.3, 0.4) is 0 Å². The Morgan fingerprint density at radius 3 is 2.23 bits per heavy atom.